The van der Waals surface area contributed by atoms with Crippen molar-refractivity contribution in [1.82, 2.24) is 4.31 Å². The summed E-state index contributed by atoms with van der Waals surface area (Å²) < 4.78 is 36.6. The zero-order valence-corrected chi connectivity index (χ0v) is 13.8. The van der Waals surface area contributed by atoms with Crippen molar-refractivity contribution < 1.29 is 17.6 Å². The second-order valence-corrected chi connectivity index (χ2v) is 7.62. The van der Waals surface area contributed by atoms with Gasteiger partial charge in [-0.2, -0.15) is 4.31 Å². The van der Waals surface area contributed by atoms with Crippen LogP contribution in [0, 0.1) is 6.92 Å². The molecule has 23 heavy (non-hydrogen) atoms. The Balaban J connectivity index is 1.68. The maximum atomic E-state index is 12.4. The molecule has 1 fully saturated rings. The monoisotopic (exact) mass is 355 g/mol. The SMILES string of the molecule is Cc1cc(OC2CN(S(=O)(=O)c3cccc(Cl)c3)C2)cc(=O)o1. The highest BCUT2D eigenvalue weighted by Crippen LogP contribution is 2.26. The number of halogens is 1. The van der Waals surface area contributed by atoms with Crippen LogP contribution >= 0.6 is 11.6 Å². The Bertz CT molecular complexity index is 887. The highest BCUT2D eigenvalue weighted by molar-refractivity contribution is 7.89. The Hall–Kier alpha value is -1.83. The smallest absolute Gasteiger partial charge is 0.339 e. The van der Waals surface area contributed by atoms with Gasteiger partial charge in [-0.15, -0.1) is 0 Å². The molecule has 0 radical (unpaired) electrons. The molecular formula is C15H14ClNO5S. The van der Waals surface area contributed by atoms with E-state index in [0.29, 0.717) is 16.5 Å². The van der Waals surface area contributed by atoms with Gasteiger partial charge in [0.05, 0.1) is 24.1 Å². The van der Waals surface area contributed by atoms with Gasteiger partial charge in [0.1, 0.15) is 17.6 Å². The molecule has 1 aliphatic rings. The van der Waals surface area contributed by atoms with Crippen LogP contribution in [0.3, 0.4) is 0 Å². The van der Waals surface area contributed by atoms with Gasteiger partial charge in [-0.3, -0.25) is 0 Å². The molecule has 2 heterocycles. The van der Waals surface area contributed by atoms with Crippen molar-refractivity contribution >= 4 is 21.6 Å². The molecule has 0 aliphatic carbocycles. The molecule has 0 N–H and O–H groups in total. The van der Waals surface area contributed by atoms with E-state index >= 15 is 0 Å². The van der Waals surface area contributed by atoms with Crippen LogP contribution in [-0.4, -0.2) is 31.9 Å². The van der Waals surface area contributed by atoms with Crippen molar-refractivity contribution in [2.24, 2.45) is 0 Å². The lowest BCUT2D eigenvalue weighted by molar-refractivity contribution is 0.0754. The molecule has 0 saturated carbocycles. The largest absolute Gasteiger partial charge is 0.487 e. The van der Waals surface area contributed by atoms with Gasteiger partial charge in [0.25, 0.3) is 0 Å². The van der Waals surface area contributed by atoms with Crippen LogP contribution in [-0.2, 0) is 10.0 Å². The van der Waals surface area contributed by atoms with Gasteiger partial charge in [-0.25, -0.2) is 13.2 Å². The number of sulfonamides is 1. The van der Waals surface area contributed by atoms with Gasteiger partial charge in [0, 0.05) is 11.1 Å². The summed E-state index contributed by atoms with van der Waals surface area (Å²) in [5, 5.41) is 0.367. The van der Waals surface area contributed by atoms with E-state index in [1.807, 2.05) is 0 Å². The predicted octanol–water partition coefficient (Wildman–Crippen LogP) is 2.05. The molecule has 6 nitrogen and oxygen atoms in total. The van der Waals surface area contributed by atoms with E-state index in [2.05, 4.69) is 0 Å². The third-order valence-corrected chi connectivity index (χ3v) is 5.48. The molecule has 1 aliphatic heterocycles. The van der Waals surface area contributed by atoms with Crippen molar-refractivity contribution in [3.05, 3.63) is 57.6 Å². The second kappa shape index (κ2) is 5.99. The highest BCUT2D eigenvalue weighted by atomic mass is 35.5. The lowest BCUT2D eigenvalue weighted by atomic mass is 10.2. The van der Waals surface area contributed by atoms with Crippen molar-refractivity contribution in [1.29, 1.82) is 0 Å². The number of aryl methyl sites for hydroxylation is 1. The molecular weight excluding hydrogens is 342 g/mol. The molecule has 0 amide bonds. The minimum Gasteiger partial charge on any atom is -0.487 e. The van der Waals surface area contributed by atoms with Crippen LogP contribution < -0.4 is 10.4 Å². The summed E-state index contributed by atoms with van der Waals surface area (Å²) in [6.45, 7) is 2.08. The topological polar surface area (TPSA) is 76.8 Å². The Morgan fingerprint density at radius 1 is 1.26 bits per heavy atom. The van der Waals surface area contributed by atoms with Crippen LogP contribution in [0.1, 0.15) is 5.76 Å². The maximum Gasteiger partial charge on any atom is 0.339 e. The fraction of sp³-hybridized carbons (Fsp3) is 0.267. The van der Waals surface area contributed by atoms with Gasteiger partial charge in [-0.1, -0.05) is 17.7 Å². The Labute approximate surface area is 138 Å². The lowest BCUT2D eigenvalue weighted by Gasteiger charge is -2.37. The van der Waals surface area contributed by atoms with Gasteiger partial charge in [0.2, 0.25) is 10.0 Å². The molecule has 0 unspecified atom stereocenters. The predicted molar refractivity (Wildman–Crippen MR) is 84.3 cm³/mol. The third-order valence-electron chi connectivity index (χ3n) is 3.42. The minimum absolute atomic E-state index is 0.152. The van der Waals surface area contributed by atoms with E-state index in [1.54, 1.807) is 25.1 Å². The normalized spacial score (nSPS) is 16.1. The average molecular weight is 356 g/mol. The summed E-state index contributed by atoms with van der Waals surface area (Å²) in [5.74, 6) is 0.818. The van der Waals surface area contributed by atoms with E-state index in [4.69, 9.17) is 20.8 Å². The first-order chi connectivity index (χ1) is 10.8. The first kappa shape index (κ1) is 16.0. The molecule has 0 bridgehead atoms. The molecule has 3 rings (SSSR count). The van der Waals surface area contributed by atoms with Gasteiger partial charge >= 0.3 is 5.63 Å². The molecule has 1 aromatic carbocycles. The van der Waals surface area contributed by atoms with E-state index in [0.717, 1.165) is 0 Å². The minimum atomic E-state index is -3.58. The van der Waals surface area contributed by atoms with Crippen LogP contribution in [0.4, 0.5) is 0 Å². The molecule has 0 spiro atoms. The van der Waals surface area contributed by atoms with Gasteiger partial charge in [-0.05, 0) is 25.1 Å². The zero-order chi connectivity index (χ0) is 16.6. The fourth-order valence-corrected chi connectivity index (χ4v) is 4.09. The summed E-state index contributed by atoms with van der Waals surface area (Å²) in [7, 11) is -3.58. The molecule has 0 atom stereocenters. The van der Waals surface area contributed by atoms with Crippen LogP contribution in [0.5, 0.6) is 5.75 Å². The second-order valence-electron chi connectivity index (χ2n) is 5.24. The Kier molecular flexibility index (Phi) is 4.18. The van der Waals surface area contributed by atoms with E-state index in [9.17, 15) is 13.2 Å². The standard InChI is InChI=1S/C15H14ClNO5S/c1-10-5-12(7-15(18)21-10)22-13-8-17(9-13)23(19,20)14-4-2-3-11(16)6-14/h2-7,13H,8-9H2,1H3. The third kappa shape index (κ3) is 3.41. The first-order valence-corrected chi connectivity index (χ1v) is 8.70. The summed E-state index contributed by atoms with van der Waals surface area (Å²) in [4.78, 5) is 11.4. The molecule has 8 heteroatoms. The van der Waals surface area contributed by atoms with Crippen molar-refractivity contribution in [2.75, 3.05) is 13.1 Å². The highest BCUT2D eigenvalue weighted by Gasteiger charge is 2.38. The van der Waals surface area contributed by atoms with Crippen molar-refractivity contribution in [2.45, 2.75) is 17.9 Å². The number of hydrogen-bond acceptors (Lipinski definition) is 5. The summed E-state index contributed by atoms with van der Waals surface area (Å²) in [6, 6.07) is 8.95. The first-order valence-electron chi connectivity index (χ1n) is 6.89. The quantitative estimate of drug-likeness (QED) is 0.839. The van der Waals surface area contributed by atoms with Crippen LogP contribution in [0.2, 0.25) is 5.02 Å². The summed E-state index contributed by atoms with van der Waals surface area (Å²) in [6.07, 6.45) is -0.301. The number of benzene rings is 1. The van der Waals surface area contributed by atoms with E-state index in [-0.39, 0.29) is 24.1 Å². The maximum absolute atomic E-state index is 12.4. The summed E-state index contributed by atoms with van der Waals surface area (Å²) in [5.41, 5.74) is -0.497. The lowest BCUT2D eigenvalue weighted by Crippen LogP contribution is -2.55. The van der Waals surface area contributed by atoms with Gasteiger partial charge in [0.15, 0.2) is 0 Å². The average Bonchev–Trinajstić information content (AvgIpc) is 2.41. The van der Waals surface area contributed by atoms with Gasteiger partial charge < -0.3 is 9.15 Å². The molecule has 1 saturated heterocycles. The Morgan fingerprint density at radius 3 is 2.65 bits per heavy atom. The van der Waals surface area contributed by atoms with E-state index in [1.165, 1.54) is 22.5 Å². The fourth-order valence-electron chi connectivity index (χ4n) is 2.28. The van der Waals surface area contributed by atoms with E-state index < -0.39 is 15.6 Å². The molecule has 122 valence electrons. The summed E-state index contributed by atoms with van der Waals surface area (Å²) >= 11 is 5.84. The Morgan fingerprint density at radius 2 is 2.00 bits per heavy atom. The number of nitrogens with zero attached hydrogens (tertiary/aromatic N) is 1. The molecule has 2 aromatic rings. The van der Waals surface area contributed by atoms with Crippen molar-refractivity contribution in [3.8, 4) is 5.75 Å². The van der Waals surface area contributed by atoms with Crippen LogP contribution in [0.15, 0.2) is 50.5 Å². The van der Waals surface area contributed by atoms with Crippen molar-refractivity contribution in [3.63, 3.8) is 0 Å². The number of rotatable bonds is 4. The molecule has 1 aromatic heterocycles. The number of hydrogen-bond donors (Lipinski definition) is 0. The number of ether oxygens (including phenoxy) is 1. The van der Waals surface area contributed by atoms with Crippen LogP contribution in [0.25, 0.3) is 0 Å². The zero-order valence-electron chi connectivity index (χ0n) is 12.2.